The van der Waals surface area contributed by atoms with E-state index >= 15 is 0 Å². The molecule has 0 saturated heterocycles. The predicted molar refractivity (Wildman–Crippen MR) is 137 cm³/mol. The maximum Gasteiger partial charge on any atom is 0.387 e. The molecule has 0 saturated carbocycles. The lowest BCUT2D eigenvalue weighted by Gasteiger charge is -2.19. The summed E-state index contributed by atoms with van der Waals surface area (Å²) in [4.78, 5) is 4.59. The van der Waals surface area contributed by atoms with Gasteiger partial charge in [-0.25, -0.2) is 4.99 Å². The van der Waals surface area contributed by atoms with E-state index < -0.39 is 12.7 Å². The number of hydrogen-bond donors (Lipinski definition) is 3. The molecule has 0 aromatic heterocycles. The molecule has 2 aromatic carbocycles. The van der Waals surface area contributed by atoms with Gasteiger partial charge in [-0.2, -0.15) is 8.78 Å². The standard InChI is InChI=1S/C24H33F2N3O3.HI/c1-5-27-23(28-14-17-7-6-8-18(13-17)16-31-24(2,3)4)29-15-21(30)19-9-11-20(12-10-19)32-22(25)26;/h6-13,21-22,30H,5,14-16H2,1-4H3,(H2,27,28,29);1H. The first-order valence-corrected chi connectivity index (χ1v) is 10.6. The molecule has 3 N–H and O–H groups in total. The Kier molecular flexibility index (Phi) is 12.6. The van der Waals surface area contributed by atoms with Crippen LogP contribution in [0, 0.1) is 0 Å². The highest BCUT2D eigenvalue weighted by atomic mass is 127. The Bertz CT molecular complexity index is 859. The van der Waals surface area contributed by atoms with E-state index in [1.165, 1.54) is 12.1 Å². The summed E-state index contributed by atoms with van der Waals surface area (Å²) in [6.07, 6.45) is -0.836. The van der Waals surface area contributed by atoms with E-state index in [2.05, 4.69) is 26.4 Å². The molecule has 0 bridgehead atoms. The SMILES string of the molecule is CCNC(=NCc1cccc(COC(C)(C)C)c1)NCC(O)c1ccc(OC(F)F)cc1.I. The normalized spacial score (nSPS) is 12.8. The summed E-state index contributed by atoms with van der Waals surface area (Å²) in [5.41, 5.74) is 2.52. The Hall–Kier alpha value is -1.98. The molecule has 0 aliphatic carbocycles. The van der Waals surface area contributed by atoms with Crippen molar-refractivity contribution in [2.24, 2.45) is 4.99 Å². The highest BCUT2D eigenvalue weighted by Crippen LogP contribution is 2.19. The van der Waals surface area contributed by atoms with E-state index in [1.54, 1.807) is 12.1 Å². The number of nitrogens with one attached hydrogen (secondary N) is 2. The molecule has 6 nitrogen and oxygen atoms in total. The van der Waals surface area contributed by atoms with Gasteiger partial charge in [0.2, 0.25) is 0 Å². The molecule has 0 aliphatic rings. The van der Waals surface area contributed by atoms with Crippen LogP contribution in [0.4, 0.5) is 8.78 Å². The summed E-state index contributed by atoms with van der Waals surface area (Å²) in [5, 5.41) is 16.7. The summed E-state index contributed by atoms with van der Waals surface area (Å²) in [6.45, 7) is 7.03. The van der Waals surface area contributed by atoms with Gasteiger partial charge in [-0.3, -0.25) is 0 Å². The van der Waals surface area contributed by atoms with Gasteiger partial charge in [0.05, 0.1) is 24.9 Å². The number of ether oxygens (including phenoxy) is 2. The minimum Gasteiger partial charge on any atom is -0.435 e. The van der Waals surface area contributed by atoms with Gasteiger partial charge in [-0.05, 0) is 56.5 Å². The largest absolute Gasteiger partial charge is 0.435 e. The Morgan fingerprint density at radius 3 is 2.33 bits per heavy atom. The zero-order valence-corrected chi connectivity index (χ0v) is 21.8. The molecule has 2 aromatic rings. The van der Waals surface area contributed by atoms with Crippen molar-refractivity contribution in [2.75, 3.05) is 13.1 Å². The molecule has 0 fully saturated rings. The number of aliphatic hydroxyl groups excluding tert-OH is 1. The third-order valence-electron chi connectivity index (χ3n) is 4.38. The van der Waals surface area contributed by atoms with Crippen LogP contribution >= 0.6 is 24.0 Å². The van der Waals surface area contributed by atoms with Gasteiger partial charge >= 0.3 is 6.61 Å². The fourth-order valence-corrected chi connectivity index (χ4v) is 2.81. The summed E-state index contributed by atoms with van der Waals surface area (Å²) < 4.78 is 34.7. The van der Waals surface area contributed by atoms with Gasteiger partial charge in [-0.15, -0.1) is 24.0 Å². The van der Waals surface area contributed by atoms with Crippen LogP contribution in [0.5, 0.6) is 5.75 Å². The third kappa shape index (κ3) is 11.6. The average molecular weight is 577 g/mol. The fourth-order valence-electron chi connectivity index (χ4n) is 2.81. The van der Waals surface area contributed by atoms with Crippen LogP contribution in [0.15, 0.2) is 53.5 Å². The molecule has 184 valence electrons. The maximum absolute atomic E-state index is 12.3. The average Bonchev–Trinajstić information content (AvgIpc) is 2.74. The smallest absolute Gasteiger partial charge is 0.387 e. The van der Waals surface area contributed by atoms with Crippen LogP contribution in [-0.4, -0.2) is 36.4 Å². The van der Waals surface area contributed by atoms with Gasteiger partial charge in [-0.1, -0.05) is 36.4 Å². The van der Waals surface area contributed by atoms with Crippen molar-refractivity contribution in [1.29, 1.82) is 0 Å². The van der Waals surface area contributed by atoms with Gasteiger partial charge in [0, 0.05) is 13.1 Å². The maximum atomic E-state index is 12.3. The molecule has 0 radical (unpaired) electrons. The monoisotopic (exact) mass is 577 g/mol. The summed E-state index contributed by atoms with van der Waals surface area (Å²) >= 11 is 0. The quantitative estimate of drug-likeness (QED) is 0.211. The second-order valence-electron chi connectivity index (χ2n) is 8.26. The number of rotatable bonds is 10. The zero-order chi connectivity index (χ0) is 23.6. The van der Waals surface area contributed by atoms with Gasteiger partial charge in [0.25, 0.3) is 0 Å². The van der Waals surface area contributed by atoms with Gasteiger partial charge in [0.1, 0.15) is 5.75 Å². The molecule has 9 heteroatoms. The Morgan fingerprint density at radius 1 is 1.06 bits per heavy atom. The number of aliphatic hydroxyl groups is 1. The van der Waals surface area contributed by atoms with E-state index in [0.29, 0.717) is 31.2 Å². The molecule has 0 aliphatic heterocycles. The Morgan fingerprint density at radius 2 is 1.73 bits per heavy atom. The minimum atomic E-state index is -2.88. The molecule has 2 rings (SSSR count). The minimum absolute atomic E-state index is 0. The summed E-state index contributed by atoms with van der Waals surface area (Å²) in [5.74, 6) is 0.620. The highest BCUT2D eigenvalue weighted by molar-refractivity contribution is 14.0. The van der Waals surface area contributed by atoms with E-state index in [9.17, 15) is 13.9 Å². The van der Waals surface area contributed by atoms with Crippen molar-refractivity contribution < 1.29 is 23.4 Å². The highest BCUT2D eigenvalue weighted by Gasteiger charge is 2.11. The second kappa shape index (κ2) is 14.3. The number of nitrogens with zero attached hydrogens (tertiary/aromatic N) is 1. The first-order chi connectivity index (χ1) is 15.2. The summed E-state index contributed by atoms with van der Waals surface area (Å²) in [7, 11) is 0. The fraction of sp³-hybridized carbons (Fsp3) is 0.458. The van der Waals surface area contributed by atoms with Crippen LogP contribution in [0.3, 0.4) is 0 Å². The van der Waals surface area contributed by atoms with E-state index in [-0.39, 0.29) is 41.9 Å². The van der Waals surface area contributed by atoms with Gasteiger partial charge < -0.3 is 25.2 Å². The summed E-state index contributed by atoms with van der Waals surface area (Å²) in [6, 6.07) is 14.0. The molecule has 0 amide bonds. The lowest BCUT2D eigenvalue weighted by Crippen LogP contribution is -2.39. The van der Waals surface area contributed by atoms with E-state index in [0.717, 1.165) is 11.1 Å². The number of halogens is 3. The van der Waals surface area contributed by atoms with Crippen LogP contribution in [0.1, 0.15) is 50.5 Å². The van der Waals surface area contributed by atoms with Crippen molar-refractivity contribution >= 4 is 29.9 Å². The lowest BCUT2D eigenvalue weighted by molar-refractivity contribution is -0.0498. The number of guanidine groups is 1. The lowest BCUT2D eigenvalue weighted by atomic mass is 10.1. The van der Waals surface area contributed by atoms with Crippen molar-refractivity contribution in [1.82, 2.24) is 10.6 Å². The van der Waals surface area contributed by atoms with Gasteiger partial charge in [0.15, 0.2) is 5.96 Å². The number of hydrogen-bond acceptors (Lipinski definition) is 4. The molecular formula is C24H34F2IN3O3. The van der Waals surface area contributed by atoms with Crippen molar-refractivity contribution in [2.45, 2.75) is 59.2 Å². The zero-order valence-electron chi connectivity index (χ0n) is 19.5. The second-order valence-corrected chi connectivity index (χ2v) is 8.26. The molecule has 0 heterocycles. The molecule has 33 heavy (non-hydrogen) atoms. The van der Waals surface area contributed by atoms with Crippen molar-refractivity contribution in [3.8, 4) is 5.75 Å². The van der Waals surface area contributed by atoms with Crippen LogP contribution < -0.4 is 15.4 Å². The van der Waals surface area contributed by atoms with E-state index in [1.807, 2.05) is 45.9 Å². The number of aliphatic imine (C=N–C) groups is 1. The van der Waals surface area contributed by atoms with E-state index in [4.69, 9.17) is 4.74 Å². The Balaban J connectivity index is 0.00000544. The van der Waals surface area contributed by atoms with Crippen molar-refractivity contribution in [3.63, 3.8) is 0 Å². The molecular weight excluding hydrogens is 543 g/mol. The van der Waals surface area contributed by atoms with Crippen LogP contribution in [0.2, 0.25) is 0 Å². The number of benzene rings is 2. The third-order valence-corrected chi connectivity index (χ3v) is 4.38. The van der Waals surface area contributed by atoms with Crippen LogP contribution in [0.25, 0.3) is 0 Å². The topological polar surface area (TPSA) is 75.1 Å². The first-order valence-electron chi connectivity index (χ1n) is 10.6. The molecule has 1 unspecified atom stereocenters. The number of alkyl halides is 2. The first kappa shape index (κ1) is 29.1. The Labute approximate surface area is 211 Å². The van der Waals surface area contributed by atoms with Crippen LogP contribution in [-0.2, 0) is 17.9 Å². The van der Waals surface area contributed by atoms with Crippen molar-refractivity contribution in [3.05, 3.63) is 65.2 Å². The molecule has 0 spiro atoms. The predicted octanol–water partition coefficient (Wildman–Crippen LogP) is 5.01. The molecule has 1 atom stereocenters.